The number of rotatable bonds is 3. The quantitative estimate of drug-likeness (QED) is 0.801. The third kappa shape index (κ3) is 4.08. The molecule has 1 aromatic rings. The Hall–Kier alpha value is -1.48. The fraction of sp³-hybridized carbons (Fsp3) is 0.429. The average Bonchev–Trinajstić information content (AvgIpc) is 2.92. The molecule has 0 radical (unpaired) electrons. The molecule has 1 saturated heterocycles. The molecule has 0 aromatic carbocycles. The molecule has 1 N–H and O–H groups in total. The lowest BCUT2D eigenvalue weighted by atomic mass is 10.3. The number of carbonyl (C=O) groups is 1. The molecule has 0 bridgehead atoms. The molecule has 1 amide bonds. The maximum Gasteiger partial charge on any atom is 0.286 e. The van der Waals surface area contributed by atoms with E-state index >= 15 is 0 Å². The molecule has 2 aliphatic heterocycles. The summed E-state index contributed by atoms with van der Waals surface area (Å²) in [5, 5.41) is 17.7. The van der Waals surface area contributed by atoms with Crippen molar-refractivity contribution >= 4 is 40.5 Å². The third-order valence-corrected chi connectivity index (χ3v) is 4.85. The van der Waals surface area contributed by atoms with Crippen molar-refractivity contribution in [2.45, 2.75) is 0 Å². The highest BCUT2D eigenvalue weighted by molar-refractivity contribution is 8.18. The number of aliphatic imine (C=N–C) groups is 1. The summed E-state index contributed by atoms with van der Waals surface area (Å²) >= 11 is 7.06. The van der Waals surface area contributed by atoms with Crippen LogP contribution in [0.3, 0.4) is 0 Å². The standard InChI is InChI=1S/C14H16ClN5O2S/c15-12-2-1-10(17-18-12)9-11-13(22)16-14(23-11)20-5-3-19(4-6-20)7-8-21/h1-2,9,21H,3-8H2/b11-9-. The number of amidine groups is 1. The van der Waals surface area contributed by atoms with E-state index in [1.807, 2.05) is 0 Å². The highest BCUT2D eigenvalue weighted by Gasteiger charge is 2.28. The van der Waals surface area contributed by atoms with E-state index in [-0.39, 0.29) is 12.5 Å². The van der Waals surface area contributed by atoms with Gasteiger partial charge in [0.05, 0.1) is 17.2 Å². The van der Waals surface area contributed by atoms with Crippen molar-refractivity contribution in [3.8, 4) is 0 Å². The number of thioether (sulfide) groups is 1. The van der Waals surface area contributed by atoms with Crippen LogP contribution < -0.4 is 0 Å². The number of amides is 1. The van der Waals surface area contributed by atoms with Gasteiger partial charge in [-0.05, 0) is 30.0 Å². The number of β-amino-alcohol motifs (C(OH)–C–C–N with tert-alkyl or cyclic N) is 1. The number of hydrogen-bond donors (Lipinski definition) is 1. The normalized spacial score (nSPS) is 21.1. The van der Waals surface area contributed by atoms with Gasteiger partial charge in [-0.2, -0.15) is 4.99 Å². The van der Waals surface area contributed by atoms with E-state index in [1.165, 1.54) is 11.8 Å². The van der Waals surface area contributed by atoms with E-state index in [9.17, 15) is 4.79 Å². The number of aromatic nitrogens is 2. The maximum atomic E-state index is 12.0. The minimum Gasteiger partial charge on any atom is -0.395 e. The van der Waals surface area contributed by atoms with Crippen molar-refractivity contribution in [2.24, 2.45) is 4.99 Å². The van der Waals surface area contributed by atoms with Gasteiger partial charge in [0.2, 0.25) is 0 Å². The monoisotopic (exact) mass is 353 g/mol. The number of nitrogens with zero attached hydrogens (tertiary/aromatic N) is 5. The van der Waals surface area contributed by atoms with Crippen LogP contribution in [-0.4, -0.2) is 75.5 Å². The second-order valence-corrected chi connectivity index (χ2v) is 6.54. The second-order valence-electron chi connectivity index (χ2n) is 5.14. The fourth-order valence-corrected chi connectivity index (χ4v) is 3.43. The van der Waals surface area contributed by atoms with Gasteiger partial charge in [-0.3, -0.25) is 9.69 Å². The molecule has 0 spiro atoms. The van der Waals surface area contributed by atoms with E-state index < -0.39 is 0 Å². The molecule has 9 heteroatoms. The van der Waals surface area contributed by atoms with E-state index in [1.54, 1.807) is 18.2 Å². The number of carbonyl (C=O) groups excluding carboxylic acids is 1. The van der Waals surface area contributed by atoms with Gasteiger partial charge in [-0.15, -0.1) is 10.2 Å². The molecule has 7 nitrogen and oxygen atoms in total. The zero-order valence-electron chi connectivity index (χ0n) is 12.4. The summed E-state index contributed by atoms with van der Waals surface area (Å²) in [6.07, 6.45) is 1.68. The summed E-state index contributed by atoms with van der Waals surface area (Å²) in [7, 11) is 0. The Labute approximate surface area is 143 Å². The van der Waals surface area contributed by atoms with E-state index in [2.05, 4.69) is 25.0 Å². The van der Waals surface area contributed by atoms with Gasteiger partial charge in [0.1, 0.15) is 0 Å². The zero-order valence-corrected chi connectivity index (χ0v) is 13.9. The molecule has 3 heterocycles. The maximum absolute atomic E-state index is 12.0. The topological polar surface area (TPSA) is 81.9 Å². The zero-order chi connectivity index (χ0) is 16.2. The van der Waals surface area contributed by atoms with Crippen LogP contribution in [0.25, 0.3) is 6.08 Å². The van der Waals surface area contributed by atoms with Gasteiger partial charge in [-0.1, -0.05) is 11.6 Å². The van der Waals surface area contributed by atoms with Crippen LogP contribution in [0.15, 0.2) is 22.0 Å². The number of hydrogen-bond acceptors (Lipinski definition) is 7. The first-order chi connectivity index (χ1) is 11.2. The van der Waals surface area contributed by atoms with Gasteiger partial charge in [-0.25, -0.2) is 0 Å². The molecule has 23 heavy (non-hydrogen) atoms. The molecule has 0 unspecified atom stereocenters. The molecule has 1 fully saturated rings. The molecular weight excluding hydrogens is 338 g/mol. The van der Waals surface area contributed by atoms with Gasteiger partial charge < -0.3 is 10.0 Å². The van der Waals surface area contributed by atoms with Crippen LogP contribution in [0.1, 0.15) is 5.69 Å². The van der Waals surface area contributed by atoms with Gasteiger partial charge in [0, 0.05) is 32.7 Å². The van der Waals surface area contributed by atoms with Gasteiger partial charge in [0.15, 0.2) is 10.3 Å². The first-order valence-corrected chi connectivity index (χ1v) is 8.45. The first kappa shape index (κ1) is 16.4. The summed E-state index contributed by atoms with van der Waals surface area (Å²) in [6, 6.07) is 3.34. The van der Waals surface area contributed by atoms with Crippen molar-refractivity contribution < 1.29 is 9.90 Å². The van der Waals surface area contributed by atoms with Crippen molar-refractivity contribution in [3.05, 3.63) is 27.9 Å². The minimum atomic E-state index is -0.250. The van der Waals surface area contributed by atoms with E-state index in [0.717, 1.165) is 31.3 Å². The Balaban J connectivity index is 1.63. The second kappa shape index (κ2) is 7.39. The predicted molar refractivity (Wildman–Crippen MR) is 90.2 cm³/mol. The summed E-state index contributed by atoms with van der Waals surface area (Å²) in [5.74, 6) is -0.250. The highest BCUT2D eigenvalue weighted by atomic mass is 35.5. The van der Waals surface area contributed by atoms with Crippen molar-refractivity contribution in [3.63, 3.8) is 0 Å². The molecule has 1 aromatic heterocycles. The third-order valence-electron chi connectivity index (χ3n) is 3.60. The van der Waals surface area contributed by atoms with Crippen LogP contribution in [-0.2, 0) is 4.79 Å². The Bertz CT molecular complexity index is 641. The fourth-order valence-electron chi connectivity index (χ4n) is 2.38. The summed E-state index contributed by atoms with van der Waals surface area (Å²) in [6.45, 7) is 4.17. The lowest BCUT2D eigenvalue weighted by Crippen LogP contribution is -2.48. The average molecular weight is 354 g/mol. The van der Waals surface area contributed by atoms with Crippen LogP contribution >= 0.6 is 23.4 Å². The van der Waals surface area contributed by atoms with Crippen molar-refractivity contribution in [2.75, 3.05) is 39.3 Å². The largest absolute Gasteiger partial charge is 0.395 e. The Morgan fingerprint density at radius 2 is 2.04 bits per heavy atom. The molecule has 0 atom stereocenters. The lowest BCUT2D eigenvalue weighted by Gasteiger charge is -2.34. The number of aliphatic hydroxyl groups excluding tert-OH is 1. The van der Waals surface area contributed by atoms with Crippen LogP contribution in [0, 0.1) is 0 Å². The van der Waals surface area contributed by atoms with Crippen molar-refractivity contribution in [1.29, 1.82) is 0 Å². The summed E-state index contributed by atoms with van der Waals surface area (Å²) < 4.78 is 0. The van der Waals surface area contributed by atoms with Gasteiger partial charge in [0.25, 0.3) is 5.91 Å². The lowest BCUT2D eigenvalue weighted by molar-refractivity contribution is -0.113. The van der Waals surface area contributed by atoms with E-state index in [4.69, 9.17) is 16.7 Å². The molecule has 122 valence electrons. The molecule has 3 rings (SSSR count). The first-order valence-electron chi connectivity index (χ1n) is 7.25. The van der Waals surface area contributed by atoms with Crippen LogP contribution in [0.5, 0.6) is 0 Å². The smallest absolute Gasteiger partial charge is 0.286 e. The predicted octanol–water partition coefficient (Wildman–Crippen LogP) is 0.710. The highest BCUT2D eigenvalue weighted by Crippen LogP contribution is 2.30. The Kier molecular flexibility index (Phi) is 5.27. The van der Waals surface area contributed by atoms with Crippen LogP contribution in [0.2, 0.25) is 5.15 Å². The van der Waals surface area contributed by atoms with Crippen molar-refractivity contribution in [1.82, 2.24) is 20.0 Å². The Morgan fingerprint density at radius 1 is 1.26 bits per heavy atom. The minimum absolute atomic E-state index is 0.170. The molecular formula is C14H16ClN5O2S. The van der Waals surface area contributed by atoms with Gasteiger partial charge >= 0.3 is 0 Å². The number of halogens is 1. The molecule has 0 aliphatic carbocycles. The van der Waals surface area contributed by atoms with Crippen LogP contribution in [0.4, 0.5) is 0 Å². The summed E-state index contributed by atoms with van der Waals surface area (Å²) in [4.78, 5) is 21.0. The van der Waals surface area contributed by atoms with E-state index in [0.29, 0.717) is 22.3 Å². The SMILES string of the molecule is O=C1N=C(N2CCN(CCO)CC2)S/C1=C\c1ccc(Cl)nn1. The number of piperazine rings is 1. The number of aliphatic hydroxyl groups is 1. The molecule has 2 aliphatic rings. The Morgan fingerprint density at radius 3 is 2.70 bits per heavy atom. The summed E-state index contributed by atoms with van der Waals surface area (Å²) in [5.41, 5.74) is 0.578. The molecule has 0 saturated carbocycles.